The average molecular weight is 200 g/mol. The van der Waals surface area contributed by atoms with E-state index in [2.05, 4.69) is 0 Å². The number of likely N-dealkylation sites (tertiary alicyclic amines) is 1. The fourth-order valence-corrected chi connectivity index (χ4v) is 1.82. The molecule has 1 aliphatic rings. The second-order valence-corrected chi connectivity index (χ2v) is 3.88. The van der Waals surface area contributed by atoms with Crippen LogP contribution in [0.4, 0.5) is 4.79 Å². The summed E-state index contributed by atoms with van der Waals surface area (Å²) in [4.78, 5) is 13.1. The molecule has 2 N–H and O–H groups in total. The van der Waals surface area contributed by atoms with Crippen molar-refractivity contribution in [1.29, 1.82) is 0 Å². The van der Waals surface area contributed by atoms with Gasteiger partial charge in [-0.1, -0.05) is 0 Å². The van der Waals surface area contributed by atoms with Gasteiger partial charge in [0.25, 0.3) is 0 Å². The van der Waals surface area contributed by atoms with E-state index in [1.165, 1.54) is 0 Å². The van der Waals surface area contributed by atoms with Crippen molar-refractivity contribution in [3.63, 3.8) is 0 Å². The molecule has 1 aliphatic heterocycles. The van der Waals surface area contributed by atoms with Crippen LogP contribution in [0.1, 0.15) is 26.7 Å². The summed E-state index contributed by atoms with van der Waals surface area (Å²) in [5, 5.41) is 0. The van der Waals surface area contributed by atoms with E-state index in [0.29, 0.717) is 12.5 Å². The molecule has 0 radical (unpaired) electrons. The Balaban J connectivity index is 2.31. The number of ether oxygens (including phenoxy) is 1. The number of nitrogens with two attached hydrogens (primary N) is 1. The number of carbonyl (C=O) groups is 1. The first-order chi connectivity index (χ1) is 6.65. The first-order valence-corrected chi connectivity index (χ1v) is 5.32. The molecular formula is C10H20N2O2. The van der Waals surface area contributed by atoms with Crippen molar-refractivity contribution >= 4 is 6.09 Å². The Labute approximate surface area is 85.4 Å². The molecule has 0 spiro atoms. The van der Waals surface area contributed by atoms with Crippen LogP contribution in [0.5, 0.6) is 0 Å². The van der Waals surface area contributed by atoms with Gasteiger partial charge in [-0.2, -0.15) is 0 Å². The molecule has 0 aromatic rings. The Morgan fingerprint density at radius 1 is 1.57 bits per heavy atom. The number of carbonyl (C=O) groups excluding carboxylic acids is 1. The largest absolute Gasteiger partial charge is 0.450 e. The lowest BCUT2D eigenvalue weighted by atomic mass is 9.91. The maximum absolute atomic E-state index is 11.3. The summed E-state index contributed by atoms with van der Waals surface area (Å²) in [6, 6.07) is 0.236. The van der Waals surface area contributed by atoms with Gasteiger partial charge in [-0.05, 0) is 32.6 Å². The molecule has 82 valence electrons. The number of rotatable bonds is 2. The highest BCUT2D eigenvalue weighted by molar-refractivity contribution is 5.67. The van der Waals surface area contributed by atoms with Gasteiger partial charge in [-0.25, -0.2) is 4.79 Å². The number of nitrogens with zero attached hydrogens (tertiary/aromatic N) is 1. The summed E-state index contributed by atoms with van der Waals surface area (Å²) < 4.78 is 4.93. The van der Waals surface area contributed by atoms with Crippen LogP contribution < -0.4 is 5.73 Å². The van der Waals surface area contributed by atoms with E-state index < -0.39 is 0 Å². The predicted octanol–water partition coefficient (Wildman–Crippen LogP) is 1.20. The minimum absolute atomic E-state index is 0.185. The lowest BCUT2D eigenvalue weighted by Crippen LogP contribution is -2.42. The van der Waals surface area contributed by atoms with Gasteiger partial charge in [-0.15, -0.1) is 0 Å². The number of hydrogen-bond donors (Lipinski definition) is 1. The highest BCUT2D eigenvalue weighted by atomic mass is 16.6. The van der Waals surface area contributed by atoms with E-state index in [4.69, 9.17) is 10.5 Å². The molecule has 4 heteroatoms. The molecule has 1 heterocycles. The van der Waals surface area contributed by atoms with Crippen LogP contribution in [-0.2, 0) is 4.74 Å². The summed E-state index contributed by atoms with van der Waals surface area (Å²) in [5.41, 5.74) is 5.81. The zero-order valence-electron chi connectivity index (χ0n) is 9.03. The average Bonchev–Trinajstić information content (AvgIpc) is 2.18. The SMILES string of the molecule is CCOC(=O)N1CCC([C@H](C)N)CC1. The van der Waals surface area contributed by atoms with Crippen molar-refractivity contribution in [3.05, 3.63) is 0 Å². The van der Waals surface area contributed by atoms with Gasteiger partial charge >= 0.3 is 6.09 Å². The highest BCUT2D eigenvalue weighted by Gasteiger charge is 2.25. The number of piperidine rings is 1. The molecule has 0 unspecified atom stereocenters. The lowest BCUT2D eigenvalue weighted by Gasteiger charge is -2.32. The first-order valence-electron chi connectivity index (χ1n) is 5.32. The molecule has 0 aliphatic carbocycles. The molecule has 4 nitrogen and oxygen atoms in total. The second-order valence-electron chi connectivity index (χ2n) is 3.88. The summed E-state index contributed by atoms with van der Waals surface area (Å²) >= 11 is 0. The quantitative estimate of drug-likeness (QED) is 0.728. The van der Waals surface area contributed by atoms with Crippen molar-refractivity contribution in [2.75, 3.05) is 19.7 Å². The first kappa shape index (κ1) is 11.3. The molecule has 1 atom stereocenters. The topological polar surface area (TPSA) is 55.6 Å². The number of amides is 1. The Bertz CT molecular complexity index is 187. The van der Waals surface area contributed by atoms with Crippen molar-refractivity contribution in [1.82, 2.24) is 4.90 Å². The van der Waals surface area contributed by atoms with Crippen LogP contribution in [0.15, 0.2) is 0 Å². The maximum Gasteiger partial charge on any atom is 0.409 e. The Kier molecular flexibility index (Phi) is 4.20. The fourth-order valence-electron chi connectivity index (χ4n) is 1.82. The predicted molar refractivity (Wildman–Crippen MR) is 55.0 cm³/mol. The van der Waals surface area contributed by atoms with Crippen molar-refractivity contribution < 1.29 is 9.53 Å². The zero-order chi connectivity index (χ0) is 10.6. The van der Waals surface area contributed by atoms with Gasteiger partial charge < -0.3 is 15.4 Å². The van der Waals surface area contributed by atoms with Crippen LogP contribution in [0.2, 0.25) is 0 Å². The minimum Gasteiger partial charge on any atom is -0.450 e. The summed E-state index contributed by atoms with van der Waals surface area (Å²) in [5.74, 6) is 0.556. The third-order valence-corrected chi connectivity index (χ3v) is 2.81. The van der Waals surface area contributed by atoms with Gasteiger partial charge in [0.15, 0.2) is 0 Å². The van der Waals surface area contributed by atoms with Crippen LogP contribution >= 0.6 is 0 Å². The smallest absolute Gasteiger partial charge is 0.409 e. The van der Waals surface area contributed by atoms with Crippen LogP contribution in [0.3, 0.4) is 0 Å². The fraction of sp³-hybridized carbons (Fsp3) is 0.900. The Hall–Kier alpha value is -0.770. The van der Waals surface area contributed by atoms with Gasteiger partial charge in [0.05, 0.1) is 6.61 Å². The van der Waals surface area contributed by atoms with Gasteiger partial charge in [0.1, 0.15) is 0 Å². The molecular weight excluding hydrogens is 180 g/mol. The van der Waals surface area contributed by atoms with Crippen LogP contribution in [-0.4, -0.2) is 36.7 Å². The summed E-state index contributed by atoms with van der Waals surface area (Å²) in [6.07, 6.45) is 1.81. The van der Waals surface area contributed by atoms with E-state index in [1.54, 1.807) is 4.90 Å². The molecule has 1 fully saturated rings. The van der Waals surface area contributed by atoms with E-state index >= 15 is 0 Å². The van der Waals surface area contributed by atoms with Crippen LogP contribution in [0, 0.1) is 5.92 Å². The zero-order valence-corrected chi connectivity index (χ0v) is 9.03. The summed E-state index contributed by atoms with van der Waals surface area (Å²) in [6.45, 7) is 5.87. The third-order valence-electron chi connectivity index (χ3n) is 2.81. The van der Waals surface area contributed by atoms with Crippen molar-refractivity contribution in [3.8, 4) is 0 Å². The summed E-state index contributed by atoms with van der Waals surface area (Å²) in [7, 11) is 0. The normalized spacial score (nSPS) is 20.6. The monoisotopic (exact) mass is 200 g/mol. The van der Waals surface area contributed by atoms with Crippen LogP contribution in [0.25, 0.3) is 0 Å². The molecule has 1 rings (SSSR count). The molecule has 1 amide bonds. The minimum atomic E-state index is -0.185. The third kappa shape index (κ3) is 2.87. The highest BCUT2D eigenvalue weighted by Crippen LogP contribution is 2.19. The molecule has 0 aromatic carbocycles. The molecule has 0 bridgehead atoms. The van der Waals surface area contributed by atoms with E-state index in [9.17, 15) is 4.79 Å². The standard InChI is InChI=1S/C10H20N2O2/c1-3-14-10(13)12-6-4-9(5-7-12)8(2)11/h8-9H,3-7,11H2,1-2H3/t8-/m0/s1. The van der Waals surface area contributed by atoms with E-state index in [-0.39, 0.29) is 12.1 Å². The van der Waals surface area contributed by atoms with Gasteiger partial charge in [-0.3, -0.25) is 0 Å². The molecule has 1 saturated heterocycles. The second kappa shape index (κ2) is 5.20. The van der Waals surface area contributed by atoms with Crippen molar-refractivity contribution in [2.45, 2.75) is 32.7 Å². The molecule has 14 heavy (non-hydrogen) atoms. The van der Waals surface area contributed by atoms with Gasteiger partial charge in [0, 0.05) is 19.1 Å². The van der Waals surface area contributed by atoms with Crippen molar-refractivity contribution in [2.24, 2.45) is 11.7 Å². The van der Waals surface area contributed by atoms with E-state index in [1.807, 2.05) is 13.8 Å². The Morgan fingerprint density at radius 2 is 2.14 bits per heavy atom. The van der Waals surface area contributed by atoms with E-state index in [0.717, 1.165) is 25.9 Å². The van der Waals surface area contributed by atoms with Gasteiger partial charge in [0.2, 0.25) is 0 Å². The molecule has 0 aromatic heterocycles. The maximum atomic E-state index is 11.3. The molecule has 0 saturated carbocycles. The number of hydrogen-bond acceptors (Lipinski definition) is 3. The lowest BCUT2D eigenvalue weighted by molar-refractivity contribution is 0.0896. The Morgan fingerprint density at radius 3 is 2.57 bits per heavy atom.